The average Bonchev–Trinajstić information content (AvgIpc) is 2.95. The Morgan fingerprint density at radius 2 is 2.04 bits per heavy atom. The molecule has 1 aromatic rings. The summed E-state index contributed by atoms with van der Waals surface area (Å²) in [6, 6.07) is 6.34. The van der Waals surface area contributed by atoms with Crippen molar-refractivity contribution in [2.24, 2.45) is 0 Å². The number of morpholine rings is 1. The second kappa shape index (κ2) is 7.08. The summed E-state index contributed by atoms with van der Waals surface area (Å²) in [7, 11) is 0. The summed E-state index contributed by atoms with van der Waals surface area (Å²) in [5, 5.41) is 0. The fourth-order valence-electron chi connectivity index (χ4n) is 3.09. The minimum atomic E-state index is -0.259. The van der Waals surface area contributed by atoms with Gasteiger partial charge in [-0.15, -0.1) is 0 Å². The summed E-state index contributed by atoms with van der Waals surface area (Å²) >= 11 is 0. The predicted octanol–water partition coefficient (Wildman–Crippen LogP) is 1.22. The Bertz CT molecular complexity index is 576. The van der Waals surface area contributed by atoms with E-state index in [1.807, 2.05) is 0 Å². The molecule has 124 valence electrons. The number of amides is 2. The Morgan fingerprint density at radius 3 is 2.74 bits per heavy atom. The molecule has 1 atom stereocenters. The molecule has 3 rings (SSSR count). The lowest BCUT2D eigenvalue weighted by Crippen LogP contribution is -2.49. The van der Waals surface area contributed by atoms with Gasteiger partial charge in [-0.1, -0.05) is 12.1 Å². The fourth-order valence-corrected chi connectivity index (χ4v) is 3.09. The second-order valence-electron chi connectivity index (χ2n) is 6.08. The molecule has 2 saturated heterocycles. The van der Waals surface area contributed by atoms with Crippen LogP contribution in [0.1, 0.15) is 18.4 Å². The van der Waals surface area contributed by atoms with E-state index in [0.717, 1.165) is 12.0 Å². The maximum Gasteiger partial charge on any atom is 0.242 e. The summed E-state index contributed by atoms with van der Waals surface area (Å²) in [5.74, 6) is -0.215. The molecule has 2 aliphatic rings. The molecule has 2 amide bonds. The molecule has 2 aliphatic heterocycles. The maximum atomic E-state index is 12.9. The highest BCUT2D eigenvalue weighted by Crippen LogP contribution is 2.14. The SMILES string of the molecule is O=C1CCCN1CC(=O)N1CCO[C@H](Cc2ccc(F)cc2)C1. The smallest absolute Gasteiger partial charge is 0.242 e. The highest BCUT2D eigenvalue weighted by atomic mass is 19.1. The zero-order chi connectivity index (χ0) is 16.2. The lowest BCUT2D eigenvalue weighted by Gasteiger charge is -2.34. The van der Waals surface area contributed by atoms with Gasteiger partial charge in [-0.3, -0.25) is 9.59 Å². The number of rotatable bonds is 4. The quantitative estimate of drug-likeness (QED) is 0.838. The number of ether oxygens (including phenoxy) is 1. The van der Waals surface area contributed by atoms with Gasteiger partial charge in [-0.2, -0.15) is 0 Å². The molecule has 1 aromatic carbocycles. The van der Waals surface area contributed by atoms with Crippen molar-refractivity contribution in [2.75, 3.05) is 32.8 Å². The number of nitrogens with zero attached hydrogens (tertiary/aromatic N) is 2. The third-order valence-corrected chi connectivity index (χ3v) is 4.37. The number of likely N-dealkylation sites (tertiary alicyclic amines) is 1. The van der Waals surface area contributed by atoms with Crippen LogP contribution in [-0.4, -0.2) is 60.5 Å². The molecule has 0 bridgehead atoms. The van der Waals surface area contributed by atoms with Crippen LogP contribution in [0.4, 0.5) is 4.39 Å². The second-order valence-corrected chi connectivity index (χ2v) is 6.08. The van der Waals surface area contributed by atoms with Crippen molar-refractivity contribution in [2.45, 2.75) is 25.4 Å². The number of hydrogen-bond acceptors (Lipinski definition) is 3. The van der Waals surface area contributed by atoms with Crippen LogP contribution in [0.2, 0.25) is 0 Å². The summed E-state index contributed by atoms with van der Waals surface area (Å²) in [5.41, 5.74) is 0.986. The summed E-state index contributed by atoms with van der Waals surface area (Å²) in [6.07, 6.45) is 1.94. The number of halogens is 1. The minimum Gasteiger partial charge on any atom is -0.374 e. The van der Waals surface area contributed by atoms with E-state index in [2.05, 4.69) is 0 Å². The van der Waals surface area contributed by atoms with E-state index in [-0.39, 0.29) is 30.3 Å². The van der Waals surface area contributed by atoms with E-state index in [4.69, 9.17) is 4.74 Å². The lowest BCUT2D eigenvalue weighted by molar-refractivity contribution is -0.143. The van der Waals surface area contributed by atoms with Crippen LogP contribution < -0.4 is 0 Å². The van der Waals surface area contributed by atoms with Gasteiger partial charge in [-0.05, 0) is 24.1 Å². The third-order valence-electron chi connectivity index (χ3n) is 4.37. The molecule has 0 spiro atoms. The normalized spacial score (nSPS) is 21.8. The van der Waals surface area contributed by atoms with E-state index in [9.17, 15) is 14.0 Å². The first-order chi connectivity index (χ1) is 11.1. The van der Waals surface area contributed by atoms with E-state index in [1.54, 1.807) is 21.9 Å². The van der Waals surface area contributed by atoms with E-state index in [0.29, 0.717) is 39.1 Å². The molecule has 5 nitrogen and oxygen atoms in total. The van der Waals surface area contributed by atoms with Gasteiger partial charge in [0.05, 0.1) is 19.3 Å². The van der Waals surface area contributed by atoms with Gasteiger partial charge < -0.3 is 14.5 Å². The van der Waals surface area contributed by atoms with Gasteiger partial charge in [0.25, 0.3) is 0 Å². The van der Waals surface area contributed by atoms with Crippen LogP contribution in [0.25, 0.3) is 0 Å². The Balaban J connectivity index is 1.54. The molecule has 2 heterocycles. The van der Waals surface area contributed by atoms with Gasteiger partial charge >= 0.3 is 0 Å². The Hall–Kier alpha value is -1.95. The van der Waals surface area contributed by atoms with Gasteiger partial charge in [0.15, 0.2) is 0 Å². The first-order valence-electron chi connectivity index (χ1n) is 8.03. The molecule has 0 radical (unpaired) electrons. The van der Waals surface area contributed by atoms with Crippen LogP contribution in [0.15, 0.2) is 24.3 Å². The van der Waals surface area contributed by atoms with Crippen LogP contribution in [0.3, 0.4) is 0 Å². The Morgan fingerprint density at radius 1 is 1.26 bits per heavy atom. The van der Waals surface area contributed by atoms with E-state index in [1.165, 1.54) is 12.1 Å². The number of hydrogen-bond donors (Lipinski definition) is 0. The molecular weight excluding hydrogens is 299 g/mol. The van der Waals surface area contributed by atoms with Crippen molar-refractivity contribution in [3.8, 4) is 0 Å². The Kier molecular flexibility index (Phi) is 4.91. The van der Waals surface area contributed by atoms with Gasteiger partial charge in [0.2, 0.25) is 11.8 Å². The maximum absolute atomic E-state index is 12.9. The van der Waals surface area contributed by atoms with Crippen molar-refractivity contribution in [3.05, 3.63) is 35.6 Å². The minimum absolute atomic E-state index is 0.0207. The molecular formula is C17H21FN2O3. The van der Waals surface area contributed by atoms with Crippen molar-refractivity contribution in [1.82, 2.24) is 9.80 Å². The van der Waals surface area contributed by atoms with Crippen LogP contribution in [0.5, 0.6) is 0 Å². The third kappa shape index (κ3) is 4.07. The molecule has 0 aliphatic carbocycles. The summed E-state index contributed by atoms with van der Waals surface area (Å²) in [6.45, 7) is 2.40. The number of benzene rings is 1. The highest BCUT2D eigenvalue weighted by Gasteiger charge is 2.28. The Labute approximate surface area is 135 Å². The van der Waals surface area contributed by atoms with Gasteiger partial charge in [0.1, 0.15) is 5.82 Å². The first-order valence-corrected chi connectivity index (χ1v) is 8.03. The van der Waals surface area contributed by atoms with Crippen molar-refractivity contribution >= 4 is 11.8 Å². The molecule has 0 aromatic heterocycles. The van der Waals surface area contributed by atoms with Crippen molar-refractivity contribution in [1.29, 1.82) is 0 Å². The van der Waals surface area contributed by atoms with Crippen LogP contribution in [-0.2, 0) is 20.7 Å². The number of carbonyl (C=O) groups excluding carboxylic acids is 2. The molecule has 2 fully saturated rings. The first kappa shape index (κ1) is 15.9. The van der Waals surface area contributed by atoms with E-state index < -0.39 is 0 Å². The van der Waals surface area contributed by atoms with Crippen molar-refractivity contribution < 1.29 is 18.7 Å². The van der Waals surface area contributed by atoms with Gasteiger partial charge in [0, 0.05) is 32.5 Å². The lowest BCUT2D eigenvalue weighted by atomic mass is 10.1. The van der Waals surface area contributed by atoms with E-state index >= 15 is 0 Å². The number of carbonyl (C=O) groups is 2. The zero-order valence-electron chi connectivity index (χ0n) is 13.0. The molecule has 23 heavy (non-hydrogen) atoms. The standard InChI is InChI=1S/C17H21FN2O3/c18-14-5-3-13(4-6-14)10-15-11-20(8-9-23-15)17(22)12-19-7-1-2-16(19)21/h3-6,15H,1-2,7-12H2/t15-/m1/s1. The predicted molar refractivity (Wildman–Crippen MR) is 82.2 cm³/mol. The molecule has 0 unspecified atom stereocenters. The van der Waals surface area contributed by atoms with Crippen molar-refractivity contribution in [3.63, 3.8) is 0 Å². The topological polar surface area (TPSA) is 49.9 Å². The fraction of sp³-hybridized carbons (Fsp3) is 0.529. The molecule has 0 N–H and O–H groups in total. The van der Waals surface area contributed by atoms with Gasteiger partial charge in [-0.25, -0.2) is 4.39 Å². The zero-order valence-corrected chi connectivity index (χ0v) is 13.0. The average molecular weight is 320 g/mol. The molecule has 0 saturated carbocycles. The molecule has 6 heteroatoms. The summed E-state index contributed by atoms with van der Waals surface area (Å²) < 4.78 is 18.7. The van der Waals surface area contributed by atoms with Crippen LogP contribution in [0, 0.1) is 5.82 Å². The monoisotopic (exact) mass is 320 g/mol. The highest BCUT2D eigenvalue weighted by molar-refractivity contribution is 5.85. The van der Waals surface area contributed by atoms with Crippen LogP contribution >= 0.6 is 0 Å². The summed E-state index contributed by atoms with van der Waals surface area (Å²) in [4.78, 5) is 27.4. The largest absolute Gasteiger partial charge is 0.374 e.